The molecule has 1 spiro atoms. The summed E-state index contributed by atoms with van der Waals surface area (Å²) in [6.45, 7) is 4.40. The predicted octanol–water partition coefficient (Wildman–Crippen LogP) is 1.98. The number of methoxy groups -OCH3 is 1. The van der Waals surface area contributed by atoms with Gasteiger partial charge in [-0.1, -0.05) is 11.6 Å². The van der Waals surface area contributed by atoms with Crippen LogP contribution in [0.5, 0.6) is 5.75 Å². The van der Waals surface area contributed by atoms with Crippen molar-refractivity contribution in [3.63, 3.8) is 0 Å². The lowest BCUT2D eigenvalue weighted by atomic mass is 10.0. The van der Waals surface area contributed by atoms with E-state index in [1.165, 1.54) is 0 Å². The summed E-state index contributed by atoms with van der Waals surface area (Å²) in [6, 6.07) is 5.65. The van der Waals surface area contributed by atoms with Gasteiger partial charge in [-0.2, -0.15) is 0 Å². The number of piperidine rings is 1. The van der Waals surface area contributed by atoms with Crippen molar-refractivity contribution < 1.29 is 19.0 Å². The molecule has 5 nitrogen and oxygen atoms in total. The first-order valence-corrected chi connectivity index (χ1v) is 7.35. The number of rotatable bonds is 2. The molecular weight excluding hydrogens is 270 g/mol. The molecule has 0 unspecified atom stereocenters. The van der Waals surface area contributed by atoms with Gasteiger partial charge in [-0.05, 0) is 25.5 Å². The fourth-order valence-corrected chi connectivity index (χ4v) is 3.05. The highest BCUT2D eigenvalue weighted by atomic mass is 16.7. The molecule has 5 heteroatoms. The summed E-state index contributed by atoms with van der Waals surface area (Å²) < 4.78 is 16.8. The van der Waals surface area contributed by atoms with Gasteiger partial charge in [0.1, 0.15) is 5.75 Å². The first-order chi connectivity index (χ1) is 10.1. The Morgan fingerprint density at radius 3 is 2.81 bits per heavy atom. The largest absolute Gasteiger partial charge is 0.496 e. The standard InChI is InChI=1S/C16H21NO4/c1-12-4-5-14(19-2)13(10-12)15(18)17-7-3-6-16(11-17)20-8-9-21-16/h4-5,10H,3,6-9,11H2,1-2H3. The Morgan fingerprint density at radius 2 is 2.10 bits per heavy atom. The molecule has 0 saturated carbocycles. The van der Waals surface area contributed by atoms with Crippen molar-refractivity contribution >= 4 is 5.91 Å². The van der Waals surface area contributed by atoms with Gasteiger partial charge in [0.2, 0.25) is 0 Å². The summed E-state index contributed by atoms with van der Waals surface area (Å²) in [6.07, 6.45) is 1.74. The van der Waals surface area contributed by atoms with Gasteiger partial charge < -0.3 is 19.1 Å². The SMILES string of the molecule is COc1ccc(C)cc1C(=O)N1CCCC2(C1)OCCO2. The van der Waals surface area contributed by atoms with Gasteiger partial charge in [-0.15, -0.1) is 0 Å². The van der Waals surface area contributed by atoms with Crippen molar-refractivity contribution in [1.29, 1.82) is 0 Å². The van der Waals surface area contributed by atoms with E-state index in [1.54, 1.807) is 7.11 Å². The molecule has 2 heterocycles. The number of hydrogen-bond acceptors (Lipinski definition) is 4. The molecule has 114 valence electrons. The van der Waals surface area contributed by atoms with Crippen LogP contribution in [0.4, 0.5) is 0 Å². The summed E-state index contributed by atoms with van der Waals surface area (Å²) in [7, 11) is 1.59. The second kappa shape index (κ2) is 5.66. The van der Waals surface area contributed by atoms with E-state index >= 15 is 0 Å². The minimum atomic E-state index is -0.592. The third kappa shape index (κ3) is 2.76. The zero-order chi connectivity index (χ0) is 14.9. The van der Waals surface area contributed by atoms with Gasteiger partial charge in [0.05, 0.1) is 32.4 Å². The van der Waals surface area contributed by atoms with E-state index < -0.39 is 5.79 Å². The summed E-state index contributed by atoms with van der Waals surface area (Å²) in [5, 5.41) is 0. The van der Waals surface area contributed by atoms with Gasteiger partial charge in [0.25, 0.3) is 5.91 Å². The van der Waals surface area contributed by atoms with Crippen LogP contribution >= 0.6 is 0 Å². The topological polar surface area (TPSA) is 48.0 Å². The number of hydrogen-bond donors (Lipinski definition) is 0. The van der Waals surface area contributed by atoms with Crippen LogP contribution < -0.4 is 4.74 Å². The Hall–Kier alpha value is -1.59. The zero-order valence-electron chi connectivity index (χ0n) is 12.6. The van der Waals surface area contributed by atoms with Gasteiger partial charge in [0, 0.05) is 13.0 Å². The quantitative estimate of drug-likeness (QED) is 0.836. The molecule has 2 aliphatic rings. The van der Waals surface area contributed by atoms with Gasteiger partial charge in [-0.3, -0.25) is 4.79 Å². The second-order valence-corrected chi connectivity index (χ2v) is 5.64. The van der Waals surface area contributed by atoms with Crippen LogP contribution in [-0.2, 0) is 9.47 Å². The average Bonchev–Trinajstić information content (AvgIpc) is 2.94. The van der Waals surface area contributed by atoms with Crippen molar-refractivity contribution in [2.24, 2.45) is 0 Å². The zero-order valence-corrected chi connectivity index (χ0v) is 12.6. The number of aryl methyl sites for hydroxylation is 1. The Balaban J connectivity index is 1.83. The van der Waals surface area contributed by atoms with Crippen molar-refractivity contribution in [3.8, 4) is 5.75 Å². The lowest BCUT2D eigenvalue weighted by Crippen LogP contribution is -2.51. The summed E-state index contributed by atoms with van der Waals surface area (Å²) in [4.78, 5) is 14.6. The fourth-order valence-electron chi connectivity index (χ4n) is 3.05. The number of nitrogens with zero attached hydrogens (tertiary/aromatic N) is 1. The minimum Gasteiger partial charge on any atom is -0.496 e. The summed E-state index contributed by atoms with van der Waals surface area (Å²) in [5.74, 6) is -0.00228. The van der Waals surface area contributed by atoms with Crippen LogP contribution in [0.1, 0.15) is 28.8 Å². The summed E-state index contributed by atoms with van der Waals surface area (Å²) >= 11 is 0. The van der Waals surface area contributed by atoms with Crippen molar-refractivity contribution in [2.75, 3.05) is 33.4 Å². The summed E-state index contributed by atoms with van der Waals surface area (Å²) in [5.41, 5.74) is 1.65. The normalized spacial score (nSPS) is 20.8. The lowest BCUT2D eigenvalue weighted by molar-refractivity contribution is -0.183. The van der Waals surface area contributed by atoms with Crippen LogP contribution in [0, 0.1) is 6.92 Å². The van der Waals surface area contributed by atoms with E-state index in [-0.39, 0.29) is 5.91 Å². The van der Waals surface area contributed by atoms with E-state index in [4.69, 9.17) is 14.2 Å². The van der Waals surface area contributed by atoms with E-state index in [9.17, 15) is 4.79 Å². The van der Waals surface area contributed by atoms with Crippen LogP contribution in [0.15, 0.2) is 18.2 Å². The first kappa shape index (κ1) is 14.4. The third-order valence-corrected chi connectivity index (χ3v) is 4.10. The molecule has 2 aliphatic heterocycles. The molecule has 1 amide bonds. The molecule has 2 fully saturated rings. The average molecular weight is 291 g/mol. The van der Waals surface area contributed by atoms with E-state index in [0.29, 0.717) is 31.1 Å². The number of ether oxygens (including phenoxy) is 3. The molecule has 0 aromatic heterocycles. The molecule has 1 aromatic carbocycles. The van der Waals surface area contributed by atoms with Crippen molar-refractivity contribution in [2.45, 2.75) is 25.6 Å². The molecule has 1 aromatic rings. The number of carbonyl (C=O) groups is 1. The highest BCUT2D eigenvalue weighted by Gasteiger charge is 2.42. The van der Waals surface area contributed by atoms with Crippen molar-refractivity contribution in [3.05, 3.63) is 29.3 Å². The maximum absolute atomic E-state index is 12.8. The third-order valence-electron chi connectivity index (χ3n) is 4.10. The molecule has 2 saturated heterocycles. The smallest absolute Gasteiger partial charge is 0.257 e. The molecule has 0 N–H and O–H groups in total. The van der Waals surface area contributed by atoms with E-state index in [2.05, 4.69) is 0 Å². The van der Waals surface area contributed by atoms with Gasteiger partial charge in [-0.25, -0.2) is 0 Å². The van der Waals surface area contributed by atoms with E-state index in [1.807, 2.05) is 30.0 Å². The lowest BCUT2D eigenvalue weighted by Gasteiger charge is -2.38. The molecule has 21 heavy (non-hydrogen) atoms. The number of carbonyl (C=O) groups excluding carboxylic acids is 1. The molecule has 0 bridgehead atoms. The maximum Gasteiger partial charge on any atom is 0.257 e. The maximum atomic E-state index is 12.8. The number of amides is 1. The Morgan fingerprint density at radius 1 is 1.33 bits per heavy atom. The number of benzene rings is 1. The minimum absolute atomic E-state index is 0.0197. The highest BCUT2D eigenvalue weighted by molar-refractivity contribution is 5.97. The Kier molecular flexibility index (Phi) is 3.87. The Labute approximate surface area is 124 Å². The van der Waals surface area contributed by atoms with Crippen LogP contribution in [0.25, 0.3) is 0 Å². The number of likely N-dealkylation sites (tertiary alicyclic amines) is 1. The van der Waals surface area contributed by atoms with Crippen LogP contribution in [-0.4, -0.2) is 50.0 Å². The molecule has 0 atom stereocenters. The van der Waals surface area contributed by atoms with Gasteiger partial charge >= 0.3 is 0 Å². The monoisotopic (exact) mass is 291 g/mol. The van der Waals surface area contributed by atoms with E-state index in [0.717, 1.165) is 24.9 Å². The first-order valence-electron chi connectivity index (χ1n) is 7.35. The van der Waals surface area contributed by atoms with Crippen LogP contribution in [0.3, 0.4) is 0 Å². The predicted molar refractivity (Wildman–Crippen MR) is 77.5 cm³/mol. The highest BCUT2D eigenvalue weighted by Crippen LogP contribution is 2.31. The van der Waals surface area contributed by atoms with Crippen LogP contribution in [0.2, 0.25) is 0 Å². The Bertz CT molecular complexity index is 537. The molecule has 3 rings (SSSR count). The van der Waals surface area contributed by atoms with Crippen molar-refractivity contribution in [1.82, 2.24) is 4.90 Å². The second-order valence-electron chi connectivity index (χ2n) is 5.64. The molecule has 0 aliphatic carbocycles. The molecular formula is C16H21NO4. The fraction of sp³-hybridized carbons (Fsp3) is 0.562. The van der Waals surface area contributed by atoms with Gasteiger partial charge in [0.15, 0.2) is 5.79 Å². The molecule has 0 radical (unpaired) electrons.